The van der Waals surface area contributed by atoms with Gasteiger partial charge < -0.3 is 20.7 Å². The molecule has 1 saturated heterocycles. The number of carbonyl (C=O) groups is 2. The van der Waals surface area contributed by atoms with Crippen LogP contribution in [0.2, 0.25) is 0 Å². The number of carboxylic acid groups (broad SMARTS) is 2. The van der Waals surface area contributed by atoms with Crippen molar-refractivity contribution in [2.24, 2.45) is 0 Å². The number of anilines is 1. The minimum Gasteiger partial charge on any atom is -0.480 e. The van der Waals surface area contributed by atoms with Crippen LogP contribution in [0.1, 0.15) is 5.56 Å². The Kier molecular flexibility index (Phi) is 15.1. The maximum absolute atomic E-state index is 12.3. The minimum atomic E-state index is -1.03. The number of benzene rings is 1. The highest BCUT2D eigenvalue weighted by atomic mass is 17.1. The Morgan fingerprint density at radius 1 is 0.816 bits per heavy atom. The Bertz CT molecular complexity index is 817. The fourth-order valence-electron chi connectivity index (χ4n) is 4.24. The Morgan fingerprint density at radius 3 is 1.82 bits per heavy atom. The summed E-state index contributed by atoms with van der Waals surface area (Å²) >= 11 is 0. The Labute approximate surface area is 222 Å². The number of aliphatic carboxylic acids is 2. The third-order valence-electron chi connectivity index (χ3n) is 6.48. The van der Waals surface area contributed by atoms with Crippen LogP contribution in [0.5, 0.6) is 0 Å². The van der Waals surface area contributed by atoms with Crippen LogP contribution in [0.25, 0.3) is 0 Å². The summed E-state index contributed by atoms with van der Waals surface area (Å²) < 4.78 is 5.77. The van der Waals surface area contributed by atoms with Crippen LogP contribution < -0.4 is 5.73 Å². The van der Waals surface area contributed by atoms with Gasteiger partial charge in [-0.1, -0.05) is 12.1 Å². The van der Waals surface area contributed by atoms with Crippen molar-refractivity contribution in [3.8, 4) is 0 Å². The standard InChI is InChI=1S/C24H41N5O9/c25-21-3-1-20(2-4-21)18-36-19-22(24(32)33)29-11-9-27(14-16-38-35)6-5-26(13-15-37-34)7-8-28(10-12-29)17-23(30)31/h1-4,22,34-35H,5-19,25H2,(H,30,31)(H,32,33). The second-order valence-corrected chi connectivity index (χ2v) is 9.17. The van der Waals surface area contributed by atoms with Gasteiger partial charge in [0, 0.05) is 71.1 Å². The fourth-order valence-corrected chi connectivity index (χ4v) is 4.24. The molecule has 1 aliphatic rings. The molecule has 0 radical (unpaired) electrons. The van der Waals surface area contributed by atoms with Crippen LogP contribution >= 0.6 is 0 Å². The molecule has 38 heavy (non-hydrogen) atoms. The predicted octanol–water partition coefficient (Wildman–Crippen LogP) is -0.476. The Balaban J connectivity index is 2.14. The van der Waals surface area contributed by atoms with Crippen molar-refractivity contribution in [1.29, 1.82) is 0 Å². The van der Waals surface area contributed by atoms with E-state index in [4.69, 9.17) is 21.0 Å². The molecule has 216 valence electrons. The smallest absolute Gasteiger partial charge is 0.323 e. The number of rotatable bonds is 14. The Morgan fingerprint density at radius 2 is 1.32 bits per heavy atom. The van der Waals surface area contributed by atoms with E-state index in [0.29, 0.717) is 71.1 Å². The molecule has 0 spiro atoms. The first-order valence-corrected chi connectivity index (χ1v) is 12.6. The van der Waals surface area contributed by atoms with E-state index in [-0.39, 0.29) is 33.0 Å². The van der Waals surface area contributed by atoms with Crippen LogP contribution in [-0.4, -0.2) is 150 Å². The highest BCUT2D eigenvalue weighted by Crippen LogP contribution is 2.10. The first-order chi connectivity index (χ1) is 18.3. The van der Waals surface area contributed by atoms with Gasteiger partial charge in [0.25, 0.3) is 0 Å². The van der Waals surface area contributed by atoms with Gasteiger partial charge in [0.1, 0.15) is 6.04 Å². The highest BCUT2D eigenvalue weighted by Gasteiger charge is 2.28. The van der Waals surface area contributed by atoms with Gasteiger partial charge in [0.2, 0.25) is 0 Å². The van der Waals surface area contributed by atoms with Gasteiger partial charge in [-0.15, -0.1) is 0 Å². The van der Waals surface area contributed by atoms with Gasteiger partial charge in [0.15, 0.2) is 0 Å². The van der Waals surface area contributed by atoms with Gasteiger partial charge in [0.05, 0.1) is 33.0 Å². The zero-order valence-corrected chi connectivity index (χ0v) is 21.7. The van der Waals surface area contributed by atoms with Crippen molar-refractivity contribution >= 4 is 17.6 Å². The summed E-state index contributed by atoms with van der Waals surface area (Å²) in [5, 5.41) is 37.0. The molecular weight excluding hydrogens is 502 g/mol. The molecule has 1 unspecified atom stereocenters. The summed E-state index contributed by atoms with van der Waals surface area (Å²) in [6.07, 6.45) is 0. The molecule has 1 fully saturated rings. The van der Waals surface area contributed by atoms with Crippen molar-refractivity contribution in [1.82, 2.24) is 19.6 Å². The van der Waals surface area contributed by atoms with E-state index in [1.54, 1.807) is 21.9 Å². The van der Waals surface area contributed by atoms with E-state index in [2.05, 4.69) is 19.6 Å². The number of ether oxygens (including phenoxy) is 1. The summed E-state index contributed by atoms with van der Waals surface area (Å²) in [5.41, 5.74) is 7.21. The highest BCUT2D eigenvalue weighted by molar-refractivity contribution is 5.73. The van der Waals surface area contributed by atoms with Gasteiger partial charge in [-0.3, -0.25) is 39.7 Å². The van der Waals surface area contributed by atoms with Crippen LogP contribution in [0.3, 0.4) is 0 Å². The largest absolute Gasteiger partial charge is 0.480 e. The monoisotopic (exact) mass is 543 g/mol. The maximum Gasteiger partial charge on any atom is 0.323 e. The number of carboxylic acids is 2. The lowest BCUT2D eigenvalue weighted by Crippen LogP contribution is -2.52. The van der Waals surface area contributed by atoms with Crippen molar-refractivity contribution < 1.29 is 44.8 Å². The van der Waals surface area contributed by atoms with Crippen LogP contribution in [0, 0.1) is 0 Å². The molecule has 1 aliphatic heterocycles. The molecule has 0 aliphatic carbocycles. The number of nitrogen functional groups attached to an aromatic ring is 1. The third kappa shape index (κ3) is 12.4. The zero-order valence-electron chi connectivity index (χ0n) is 21.7. The van der Waals surface area contributed by atoms with Gasteiger partial charge in [-0.2, -0.15) is 0 Å². The lowest BCUT2D eigenvalue weighted by Gasteiger charge is -2.35. The lowest BCUT2D eigenvalue weighted by molar-refractivity contribution is -0.245. The van der Waals surface area contributed by atoms with Crippen molar-refractivity contribution in [3.05, 3.63) is 29.8 Å². The predicted molar refractivity (Wildman–Crippen MR) is 138 cm³/mol. The summed E-state index contributed by atoms with van der Waals surface area (Å²) in [5.74, 6) is -2.00. The molecule has 14 heteroatoms. The molecule has 2 rings (SSSR count). The first kappa shape index (κ1) is 31.8. The van der Waals surface area contributed by atoms with E-state index in [1.165, 1.54) is 0 Å². The van der Waals surface area contributed by atoms with E-state index in [0.717, 1.165) is 5.56 Å². The molecule has 1 aromatic carbocycles. The van der Waals surface area contributed by atoms with E-state index in [9.17, 15) is 19.8 Å². The average Bonchev–Trinajstić information content (AvgIpc) is 2.88. The van der Waals surface area contributed by atoms with E-state index < -0.39 is 18.0 Å². The van der Waals surface area contributed by atoms with Crippen LogP contribution in [0.4, 0.5) is 5.69 Å². The first-order valence-electron chi connectivity index (χ1n) is 12.6. The zero-order chi connectivity index (χ0) is 27.8. The molecule has 14 nitrogen and oxygen atoms in total. The summed E-state index contributed by atoms with van der Waals surface area (Å²) in [6, 6.07) is 6.21. The third-order valence-corrected chi connectivity index (χ3v) is 6.48. The Hall–Kier alpha value is -2.40. The summed E-state index contributed by atoms with van der Waals surface area (Å²) in [7, 11) is 0. The van der Waals surface area contributed by atoms with Crippen molar-refractivity contribution in [3.63, 3.8) is 0 Å². The van der Waals surface area contributed by atoms with Crippen LogP contribution in [-0.2, 0) is 30.7 Å². The van der Waals surface area contributed by atoms with Crippen LogP contribution in [0.15, 0.2) is 24.3 Å². The number of nitrogens with zero attached hydrogens (tertiary/aromatic N) is 4. The lowest BCUT2D eigenvalue weighted by atomic mass is 10.2. The summed E-state index contributed by atoms with van der Waals surface area (Å²) in [6.45, 7) is 4.82. The van der Waals surface area contributed by atoms with E-state index >= 15 is 0 Å². The van der Waals surface area contributed by atoms with Crippen molar-refractivity contribution in [2.45, 2.75) is 12.6 Å². The second-order valence-electron chi connectivity index (χ2n) is 9.17. The van der Waals surface area contributed by atoms with Crippen molar-refractivity contribution in [2.75, 3.05) is 97.5 Å². The SMILES string of the molecule is Nc1ccc(COCC(C(=O)O)N2CCN(CCOO)CCN(CCOO)CCN(CC(=O)O)CC2)cc1. The molecule has 0 amide bonds. The average molecular weight is 544 g/mol. The fraction of sp³-hybridized carbons (Fsp3) is 0.667. The molecule has 0 saturated carbocycles. The molecule has 6 N–H and O–H groups in total. The number of hydrogen-bond acceptors (Lipinski definition) is 12. The van der Waals surface area contributed by atoms with Gasteiger partial charge in [-0.05, 0) is 17.7 Å². The second kappa shape index (κ2) is 18.0. The van der Waals surface area contributed by atoms with Gasteiger partial charge in [-0.25, -0.2) is 9.78 Å². The molecular formula is C24H41N5O9. The molecule has 1 aromatic rings. The molecule has 0 bridgehead atoms. The molecule has 1 heterocycles. The molecule has 0 aromatic heterocycles. The number of nitrogens with two attached hydrogens (primary N) is 1. The number of hydrogen-bond donors (Lipinski definition) is 5. The quantitative estimate of drug-likeness (QED) is 0.115. The van der Waals surface area contributed by atoms with E-state index in [1.807, 2.05) is 12.1 Å². The normalized spacial score (nSPS) is 18.5. The topological polar surface area (TPSA) is 182 Å². The summed E-state index contributed by atoms with van der Waals surface area (Å²) in [4.78, 5) is 39.9. The minimum absolute atomic E-state index is 0.0483. The maximum atomic E-state index is 12.3. The van der Waals surface area contributed by atoms with Gasteiger partial charge >= 0.3 is 11.9 Å². The molecule has 1 atom stereocenters.